The number of hydrogen-bond acceptors (Lipinski definition) is 6. The SMILES string of the molecule is COC(=O)CCN(C[C@H]1CCCO1)C(=O)c1ccnc(C)n1. The van der Waals surface area contributed by atoms with Crippen LogP contribution >= 0.6 is 0 Å². The maximum atomic E-state index is 12.6. The quantitative estimate of drug-likeness (QED) is 0.728. The molecule has 0 unspecified atom stereocenters. The Kier molecular flexibility index (Phi) is 5.83. The first-order chi connectivity index (χ1) is 10.6. The molecule has 0 aliphatic carbocycles. The second kappa shape index (κ2) is 7.84. The van der Waals surface area contributed by atoms with Crippen molar-refractivity contribution in [1.82, 2.24) is 14.9 Å². The molecular formula is C15H21N3O4. The summed E-state index contributed by atoms with van der Waals surface area (Å²) in [5.74, 6) is -0.0233. The van der Waals surface area contributed by atoms with E-state index in [4.69, 9.17) is 4.74 Å². The van der Waals surface area contributed by atoms with Crippen LogP contribution in [0.25, 0.3) is 0 Å². The van der Waals surface area contributed by atoms with Gasteiger partial charge in [-0.2, -0.15) is 0 Å². The van der Waals surface area contributed by atoms with Crippen molar-refractivity contribution in [3.63, 3.8) is 0 Å². The smallest absolute Gasteiger partial charge is 0.307 e. The zero-order valence-electron chi connectivity index (χ0n) is 12.9. The van der Waals surface area contributed by atoms with Crippen molar-refractivity contribution in [1.29, 1.82) is 0 Å². The Morgan fingerprint density at radius 1 is 1.50 bits per heavy atom. The van der Waals surface area contributed by atoms with Crippen LogP contribution in [0.4, 0.5) is 0 Å². The summed E-state index contributed by atoms with van der Waals surface area (Å²) in [5, 5.41) is 0. The summed E-state index contributed by atoms with van der Waals surface area (Å²) in [4.78, 5) is 33.7. The fourth-order valence-electron chi connectivity index (χ4n) is 2.38. The highest BCUT2D eigenvalue weighted by atomic mass is 16.5. The van der Waals surface area contributed by atoms with E-state index in [0.29, 0.717) is 18.1 Å². The minimum Gasteiger partial charge on any atom is -0.469 e. The third-order valence-corrected chi connectivity index (χ3v) is 3.54. The summed E-state index contributed by atoms with van der Waals surface area (Å²) >= 11 is 0. The molecule has 2 rings (SSSR count). The van der Waals surface area contributed by atoms with Gasteiger partial charge in [0.1, 0.15) is 11.5 Å². The first kappa shape index (κ1) is 16.4. The minimum atomic E-state index is -0.344. The van der Waals surface area contributed by atoms with E-state index in [1.807, 2.05) is 0 Å². The van der Waals surface area contributed by atoms with Gasteiger partial charge in [-0.25, -0.2) is 9.97 Å². The molecule has 2 heterocycles. The number of rotatable bonds is 6. The Labute approximate surface area is 129 Å². The Bertz CT molecular complexity index is 529. The molecule has 1 amide bonds. The van der Waals surface area contributed by atoms with Crippen LogP contribution in [0.1, 0.15) is 35.6 Å². The maximum Gasteiger partial charge on any atom is 0.307 e. The predicted octanol–water partition coefficient (Wildman–Crippen LogP) is 0.969. The lowest BCUT2D eigenvalue weighted by Crippen LogP contribution is -2.39. The summed E-state index contributed by atoms with van der Waals surface area (Å²) in [6.07, 6.45) is 3.64. The van der Waals surface area contributed by atoms with E-state index in [1.54, 1.807) is 24.1 Å². The molecule has 0 spiro atoms. The van der Waals surface area contributed by atoms with Gasteiger partial charge in [0.05, 0.1) is 19.6 Å². The summed E-state index contributed by atoms with van der Waals surface area (Å²) in [5.41, 5.74) is 0.329. The normalized spacial score (nSPS) is 17.3. The van der Waals surface area contributed by atoms with E-state index in [2.05, 4.69) is 14.7 Å². The van der Waals surface area contributed by atoms with Gasteiger partial charge in [-0.3, -0.25) is 9.59 Å². The molecule has 1 atom stereocenters. The van der Waals surface area contributed by atoms with Crippen LogP contribution in [0.3, 0.4) is 0 Å². The van der Waals surface area contributed by atoms with Crippen molar-refractivity contribution in [2.45, 2.75) is 32.3 Å². The van der Waals surface area contributed by atoms with Crippen molar-refractivity contribution < 1.29 is 19.1 Å². The van der Waals surface area contributed by atoms with Gasteiger partial charge in [-0.05, 0) is 25.8 Å². The van der Waals surface area contributed by atoms with Gasteiger partial charge in [0.15, 0.2) is 0 Å². The van der Waals surface area contributed by atoms with Crippen LogP contribution in [0.2, 0.25) is 0 Å². The number of nitrogens with zero attached hydrogens (tertiary/aromatic N) is 3. The fraction of sp³-hybridized carbons (Fsp3) is 0.600. The van der Waals surface area contributed by atoms with Gasteiger partial charge in [-0.15, -0.1) is 0 Å². The average Bonchev–Trinajstić information content (AvgIpc) is 3.03. The van der Waals surface area contributed by atoms with E-state index in [-0.39, 0.29) is 30.9 Å². The number of ether oxygens (including phenoxy) is 2. The number of carbonyl (C=O) groups excluding carboxylic acids is 2. The van der Waals surface area contributed by atoms with Crippen LogP contribution in [0.5, 0.6) is 0 Å². The van der Waals surface area contributed by atoms with Crippen molar-refractivity contribution >= 4 is 11.9 Å². The zero-order chi connectivity index (χ0) is 15.9. The molecule has 1 fully saturated rings. The van der Waals surface area contributed by atoms with Gasteiger partial charge >= 0.3 is 5.97 Å². The highest BCUT2D eigenvalue weighted by Crippen LogP contribution is 2.15. The van der Waals surface area contributed by atoms with Crippen molar-refractivity contribution in [3.8, 4) is 0 Å². The number of hydrogen-bond donors (Lipinski definition) is 0. The number of aryl methyl sites for hydroxylation is 1. The van der Waals surface area contributed by atoms with Crippen LogP contribution in [-0.2, 0) is 14.3 Å². The highest BCUT2D eigenvalue weighted by Gasteiger charge is 2.24. The molecular weight excluding hydrogens is 286 g/mol. The number of esters is 1. The standard InChI is InChI=1S/C15H21N3O4/c1-11-16-7-5-13(17-11)15(20)18(8-6-14(19)21-2)10-12-4-3-9-22-12/h5,7,12H,3-4,6,8-10H2,1-2H3/t12-/m1/s1. The molecule has 1 aliphatic rings. The van der Waals surface area contributed by atoms with Gasteiger partial charge in [0.2, 0.25) is 0 Å². The van der Waals surface area contributed by atoms with E-state index in [9.17, 15) is 9.59 Å². The molecule has 0 radical (unpaired) electrons. The van der Waals surface area contributed by atoms with Gasteiger partial charge in [-0.1, -0.05) is 0 Å². The van der Waals surface area contributed by atoms with Gasteiger partial charge in [0.25, 0.3) is 5.91 Å². The Morgan fingerprint density at radius 2 is 2.32 bits per heavy atom. The number of amides is 1. The zero-order valence-corrected chi connectivity index (χ0v) is 12.9. The summed E-state index contributed by atoms with van der Waals surface area (Å²) in [6.45, 7) is 3.19. The third kappa shape index (κ3) is 4.49. The minimum absolute atomic E-state index is 0.0181. The molecule has 1 aromatic rings. The van der Waals surface area contributed by atoms with E-state index in [0.717, 1.165) is 19.4 Å². The molecule has 120 valence electrons. The van der Waals surface area contributed by atoms with Crippen molar-refractivity contribution in [2.24, 2.45) is 0 Å². The second-order valence-electron chi connectivity index (χ2n) is 5.20. The monoisotopic (exact) mass is 307 g/mol. The second-order valence-corrected chi connectivity index (χ2v) is 5.20. The lowest BCUT2D eigenvalue weighted by molar-refractivity contribution is -0.140. The maximum absolute atomic E-state index is 12.6. The lowest BCUT2D eigenvalue weighted by Gasteiger charge is -2.24. The third-order valence-electron chi connectivity index (χ3n) is 3.54. The van der Waals surface area contributed by atoms with Gasteiger partial charge in [0, 0.05) is 25.9 Å². The van der Waals surface area contributed by atoms with E-state index >= 15 is 0 Å². The Hall–Kier alpha value is -2.02. The summed E-state index contributed by atoms with van der Waals surface area (Å²) in [7, 11) is 1.34. The molecule has 1 saturated heterocycles. The topological polar surface area (TPSA) is 81.6 Å². The van der Waals surface area contributed by atoms with Crippen LogP contribution in [0.15, 0.2) is 12.3 Å². The molecule has 7 heteroatoms. The number of aromatic nitrogens is 2. The molecule has 0 saturated carbocycles. The fourth-order valence-corrected chi connectivity index (χ4v) is 2.38. The van der Waals surface area contributed by atoms with E-state index < -0.39 is 0 Å². The van der Waals surface area contributed by atoms with Crippen molar-refractivity contribution in [2.75, 3.05) is 26.8 Å². The largest absolute Gasteiger partial charge is 0.469 e. The van der Waals surface area contributed by atoms with Crippen LogP contribution < -0.4 is 0 Å². The van der Waals surface area contributed by atoms with E-state index in [1.165, 1.54) is 7.11 Å². The molecule has 7 nitrogen and oxygen atoms in total. The Morgan fingerprint density at radius 3 is 2.95 bits per heavy atom. The van der Waals surface area contributed by atoms with Crippen molar-refractivity contribution in [3.05, 3.63) is 23.8 Å². The van der Waals surface area contributed by atoms with Crippen LogP contribution in [0, 0.1) is 6.92 Å². The molecule has 0 N–H and O–H groups in total. The number of carbonyl (C=O) groups is 2. The highest BCUT2D eigenvalue weighted by molar-refractivity contribution is 5.92. The van der Waals surface area contributed by atoms with Crippen LogP contribution in [-0.4, -0.2) is 59.7 Å². The average molecular weight is 307 g/mol. The molecule has 1 aliphatic heterocycles. The lowest BCUT2D eigenvalue weighted by atomic mass is 10.2. The summed E-state index contributed by atoms with van der Waals surface area (Å²) < 4.78 is 10.2. The predicted molar refractivity (Wildman–Crippen MR) is 78.3 cm³/mol. The first-order valence-electron chi connectivity index (χ1n) is 7.37. The molecule has 0 aromatic carbocycles. The summed E-state index contributed by atoms with van der Waals surface area (Å²) in [6, 6.07) is 1.58. The number of methoxy groups -OCH3 is 1. The Balaban J connectivity index is 2.07. The molecule has 1 aromatic heterocycles. The van der Waals surface area contributed by atoms with Gasteiger partial charge < -0.3 is 14.4 Å². The molecule has 22 heavy (non-hydrogen) atoms. The first-order valence-corrected chi connectivity index (χ1v) is 7.37. The molecule has 0 bridgehead atoms.